The molecule has 1 aromatic heterocycles. The summed E-state index contributed by atoms with van der Waals surface area (Å²) in [5.74, 6) is 0. The Morgan fingerprint density at radius 2 is 2.18 bits per heavy atom. The maximum atomic E-state index is 12.1. The number of piperazine rings is 1. The summed E-state index contributed by atoms with van der Waals surface area (Å²) in [6.45, 7) is 10.9. The summed E-state index contributed by atoms with van der Waals surface area (Å²) in [5, 5.41) is 0. The topological polar surface area (TPSA) is 45.7 Å². The van der Waals surface area contributed by atoms with E-state index >= 15 is 0 Å². The summed E-state index contributed by atoms with van der Waals surface area (Å²) in [7, 11) is 0. The fraction of sp³-hybridized carbons (Fsp3) is 0.625. The number of nitrogens with zero attached hydrogens (tertiary/aromatic N) is 3. The number of hydrogen-bond acceptors (Lipinski definition) is 4. The van der Waals surface area contributed by atoms with E-state index in [-0.39, 0.29) is 6.09 Å². The van der Waals surface area contributed by atoms with Gasteiger partial charge >= 0.3 is 6.09 Å². The number of pyridine rings is 1. The van der Waals surface area contributed by atoms with Gasteiger partial charge in [-0.1, -0.05) is 0 Å². The van der Waals surface area contributed by atoms with E-state index in [1.807, 2.05) is 32.9 Å². The van der Waals surface area contributed by atoms with Crippen molar-refractivity contribution < 1.29 is 9.53 Å². The van der Waals surface area contributed by atoms with Crippen LogP contribution in [0.5, 0.6) is 0 Å². The van der Waals surface area contributed by atoms with Crippen LogP contribution in [0.25, 0.3) is 0 Å². The monoisotopic (exact) mass is 369 g/mol. The van der Waals surface area contributed by atoms with Gasteiger partial charge in [0.1, 0.15) is 10.2 Å². The molecule has 6 heteroatoms. The van der Waals surface area contributed by atoms with Crippen LogP contribution in [-0.4, -0.2) is 52.2 Å². The van der Waals surface area contributed by atoms with Crippen molar-refractivity contribution in [2.24, 2.45) is 0 Å². The van der Waals surface area contributed by atoms with E-state index in [1.165, 1.54) is 5.56 Å². The molecule has 0 radical (unpaired) electrons. The Kier molecular flexibility index (Phi) is 5.45. The molecular formula is C16H24BrN3O2. The lowest BCUT2D eigenvalue weighted by Gasteiger charge is -2.40. The number of amides is 1. The van der Waals surface area contributed by atoms with Crippen molar-refractivity contribution in [3.63, 3.8) is 0 Å². The zero-order valence-electron chi connectivity index (χ0n) is 13.7. The molecule has 122 valence electrons. The van der Waals surface area contributed by atoms with Crippen molar-refractivity contribution in [1.82, 2.24) is 14.8 Å². The van der Waals surface area contributed by atoms with E-state index in [1.54, 1.807) is 11.1 Å². The fourth-order valence-electron chi connectivity index (χ4n) is 2.50. The van der Waals surface area contributed by atoms with Crippen LogP contribution in [0.3, 0.4) is 0 Å². The van der Waals surface area contributed by atoms with Gasteiger partial charge in [-0.25, -0.2) is 9.78 Å². The molecule has 0 saturated carbocycles. The first-order valence-electron chi connectivity index (χ1n) is 7.57. The molecule has 0 aromatic carbocycles. The second-order valence-corrected chi connectivity index (χ2v) is 7.55. The lowest BCUT2D eigenvalue weighted by Crippen LogP contribution is -2.54. The first-order valence-corrected chi connectivity index (χ1v) is 8.36. The molecule has 22 heavy (non-hydrogen) atoms. The van der Waals surface area contributed by atoms with Gasteiger partial charge in [0.05, 0.1) is 0 Å². The van der Waals surface area contributed by atoms with E-state index in [0.29, 0.717) is 19.1 Å². The Bertz CT molecular complexity index is 530. The molecule has 1 fully saturated rings. The number of aromatic nitrogens is 1. The van der Waals surface area contributed by atoms with Crippen LogP contribution >= 0.6 is 15.9 Å². The second-order valence-electron chi connectivity index (χ2n) is 6.73. The van der Waals surface area contributed by atoms with E-state index in [9.17, 15) is 4.79 Å². The van der Waals surface area contributed by atoms with Gasteiger partial charge in [-0.05, 0) is 61.3 Å². The van der Waals surface area contributed by atoms with Crippen molar-refractivity contribution in [3.05, 3.63) is 28.5 Å². The molecule has 2 heterocycles. The number of hydrogen-bond donors (Lipinski definition) is 0. The molecule has 1 atom stereocenters. The van der Waals surface area contributed by atoms with Gasteiger partial charge in [-0.15, -0.1) is 0 Å². The molecule has 0 aliphatic carbocycles. The van der Waals surface area contributed by atoms with Crippen LogP contribution in [0.2, 0.25) is 0 Å². The van der Waals surface area contributed by atoms with E-state index < -0.39 is 5.60 Å². The molecule has 0 spiro atoms. The predicted molar refractivity (Wildman–Crippen MR) is 89.6 cm³/mol. The van der Waals surface area contributed by atoms with Crippen LogP contribution in [0.1, 0.15) is 33.3 Å². The molecule has 1 aliphatic rings. The first-order chi connectivity index (χ1) is 10.2. The summed E-state index contributed by atoms with van der Waals surface area (Å²) >= 11 is 3.40. The number of ether oxygens (including phenoxy) is 1. The molecule has 1 unspecified atom stereocenters. The maximum Gasteiger partial charge on any atom is 0.410 e. The third kappa shape index (κ3) is 4.95. The van der Waals surface area contributed by atoms with E-state index in [0.717, 1.165) is 17.7 Å². The van der Waals surface area contributed by atoms with Gasteiger partial charge in [0, 0.05) is 38.4 Å². The van der Waals surface area contributed by atoms with Crippen molar-refractivity contribution in [2.45, 2.75) is 45.9 Å². The largest absolute Gasteiger partial charge is 0.444 e. The van der Waals surface area contributed by atoms with Crippen molar-refractivity contribution in [2.75, 3.05) is 19.6 Å². The zero-order chi connectivity index (χ0) is 16.3. The van der Waals surface area contributed by atoms with Gasteiger partial charge in [-0.3, -0.25) is 4.90 Å². The molecule has 2 rings (SSSR count). The first kappa shape index (κ1) is 17.2. The zero-order valence-corrected chi connectivity index (χ0v) is 15.3. The molecule has 1 saturated heterocycles. The fourth-order valence-corrected chi connectivity index (χ4v) is 2.91. The number of halogens is 1. The Balaban J connectivity index is 1.91. The van der Waals surface area contributed by atoms with E-state index in [4.69, 9.17) is 4.74 Å². The quantitative estimate of drug-likeness (QED) is 0.750. The lowest BCUT2D eigenvalue weighted by molar-refractivity contribution is 0.00461. The van der Waals surface area contributed by atoms with Crippen LogP contribution in [0.15, 0.2) is 22.9 Å². The standard InChI is InChI=1S/C16H24BrN3O2/c1-12-10-20(15(21)22-16(2,3)4)8-7-19(12)11-13-5-6-18-14(17)9-13/h5-6,9,12H,7-8,10-11H2,1-4H3. The average molecular weight is 370 g/mol. The van der Waals surface area contributed by atoms with Gasteiger partial charge < -0.3 is 9.64 Å². The Hall–Kier alpha value is -1.14. The average Bonchev–Trinajstić information content (AvgIpc) is 2.39. The third-order valence-electron chi connectivity index (χ3n) is 3.59. The van der Waals surface area contributed by atoms with Crippen LogP contribution < -0.4 is 0 Å². The van der Waals surface area contributed by atoms with Gasteiger partial charge in [0.2, 0.25) is 0 Å². The van der Waals surface area contributed by atoms with Crippen molar-refractivity contribution in [3.8, 4) is 0 Å². The molecule has 1 aliphatic heterocycles. The Labute approximate surface area is 140 Å². The number of carbonyl (C=O) groups is 1. The molecule has 1 amide bonds. The number of carbonyl (C=O) groups excluding carboxylic acids is 1. The van der Waals surface area contributed by atoms with Gasteiger partial charge in [-0.2, -0.15) is 0 Å². The minimum absolute atomic E-state index is 0.217. The highest BCUT2D eigenvalue weighted by Crippen LogP contribution is 2.18. The number of rotatable bonds is 2. The Morgan fingerprint density at radius 1 is 1.45 bits per heavy atom. The van der Waals surface area contributed by atoms with E-state index in [2.05, 4.69) is 32.7 Å². The highest BCUT2D eigenvalue weighted by Gasteiger charge is 2.29. The summed E-state index contributed by atoms with van der Waals surface area (Å²) < 4.78 is 6.30. The maximum absolute atomic E-state index is 12.1. The highest BCUT2D eigenvalue weighted by atomic mass is 79.9. The summed E-state index contributed by atoms with van der Waals surface area (Å²) in [6.07, 6.45) is 1.59. The lowest BCUT2D eigenvalue weighted by atomic mass is 10.1. The molecule has 1 aromatic rings. The van der Waals surface area contributed by atoms with Crippen LogP contribution in [-0.2, 0) is 11.3 Å². The predicted octanol–water partition coefficient (Wildman–Crippen LogP) is 3.29. The van der Waals surface area contributed by atoms with Crippen molar-refractivity contribution in [1.29, 1.82) is 0 Å². The van der Waals surface area contributed by atoms with Gasteiger partial charge in [0.25, 0.3) is 0 Å². The second kappa shape index (κ2) is 6.96. The third-order valence-corrected chi connectivity index (χ3v) is 4.03. The highest BCUT2D eigenvalue weighted by molar-refractivity contribution is 9.10. The normalized spacial score (nSPS) is 20.0. The van der Waals surface area contributed by atoms with Crippen LogP contribution in [0.4, 0.5) is 4.79 Å². The summed E-state index contributed by atoms with van der Waals surface area (Å²) in [4.78, 5) is 20.5. The molecule has 5 nitrogen and oxygen atoms in total. The van der Waals surface area contributed by atoms with Crippen LogP contribution in [0, 0.1) is 0 Å². The van der Waals surface area contributed by atoms with Crippen molar-refractivity contribution >= 4 is 22.0 Å². The minimum Gasteiger partial charge on any atom is -0.444 e. The minimum atomic E-state index is -0.444. The SMILES string of the molecule is CC1CN(C(=O)OC(C)(C)C)CCN1Cc1ccnc(Br)c1. The smallest absolute Gasteiger partial charge is 0.410 e. The Morgan fingerprint density at radius 3 is 2.77 bits per heavy atom. The summed E-state index contributed by atoms with van der Waals surface area (Å²) in [6, 6.07) is 4.36. The summed E-state index contributed by atoms with van der Waals surface area (Å²) in [5.41, 5.74) is 0.778. The molecule has 0 bridgehead atoms. The molecular weight excluding hydrogens is 346 g/mol. The van der Waals surface area contributed by atoms with Gasteiger partial charge in [0.15, 0.2) is 0 Å². The molecule has 0 N–H and O–H groups in total.